The van der Waals surface area contributed by atoms with E-state index in [0.29, 0.717) is 16.8 Å². The van der Waals surface area contributed by atoms with Gasteiger partial charge in [0.25, 0.3) is 0 Å². The molecule has 2 N–H and O–H groups in total. The van der Waals surface area contributed by atoms with E-state index in [0.717, 1.165) is 12.8 Å². The van der Waals surface area contributed by atoms with Gasteiger partial charge in [0.05, 0.1) is 12.6 Å². The van der Waals surface area contributed by atoms with Crippen LogP contribution in [0.5, 0.6) is 0 Å². The number of likely N-dealkylation sites (N-methyl/N-ethyl adjacent to an activating group) is 1. The van der Waals surface area contributed by atoms with E-state index in [-0.39, 0.29) is 24.4 Å². The summed E-state index contributed by atoms with van der Waals surface area (Å²) in [6, 6.07) is 6.89. The number of nitrogens with one attached hydrogen (secondary N) is 2. The first-order valence-electron chi connectivity index (χ1n) is 8.01. The molecule has 0 heterocycles. The van der Waals surface area contributed by atoms with Gasteiger partial charge in [0.1, 0.15) is 0 Å². The lowest BCUT2D eigenvalue weighted by atomic mass is 10.2. The van der Waals surface area contributed by atoms with Gasteiger partial charge < -0.3 is 10.6 Å². The highest BCUT2D eigenvalue weighted by molar-refractivity contribution is 6.30. The summed E-state index contributed by atoms with van der Waals surface area (Å²) in [6.07, 6.45) is 4.47. The molecule has 2 amide bonds. The first-order valence-corrected chi connectivity index (χ1v) is 8.39. The van der Waals surface area contributed by atoms with Gasteiger partial charge in [0.2, 0.25) is 11.8 Å². The Kier molecular flexibility index (Phi) is 6.42. The second-order valence-electron chi connectivity index (χ2n) is 6.14. The molecule has 0 bridgehead atoms. The van der Waals surface area contributed by atoms with Crippen LogP contribution < -0.4 is 10.6 Å². The van der Waals surface area contributed by atoms with Crippen LogP contribution in [0.25, 0.3) is 0 Å². The Labute approximate surface area is 142 Å². The van der Waals surface area contributed by atoms with Crippen molar-refractivity contribution in [1.82, 2.24) is 10.2 Å². The number of nitrogens with zero attached hydrogens (tertiary/aromatic N) is 1. The minimum Gasteiger partial charge on any atom is -0.352 e. The minimum atomic E-state index is -0.341. The molecule has 1 aromatic carbocycles. The van der Waals surface area contributed by atoms with E-state index in [9.17, 15) is 9.59 Å². The van der Waals surface area contributed by atoms with Gasteiger partial charge in [-0.2, -0.15) is 0 Å². The fourth-order valence-corrected chi connectivity index (χ4v) is 2.82. The van der Waals surface area contributed by atoms with Crippen molar-refractivity contribution >= 4 is 29.1 Å². The van der Waals surface area contributed by atoms with Gasteiger partial charge in [-0.3, -0.25) is 14.5 Å². The van der Waals surface area contributed by atoms with Crippen LogP contribution in [-0.4, -0.2) is 42.4 Å². The SMILES string of the molecule is C[C@H](C(=O)NC1CCCC1)N(C)CC(=O)Nc1ccc(Cl)cc1. The van der Waals surface area contributed by atoms with Crippen LogP contribution in [0.2, 0.25) is 5.02 Å². The summed E-state index contributed by atoms with van der Waals surface area (Å²) in [7, 11) is 1.78. The second-order valence-corrected chi connectivity index (χ2v) is 6.57. The van der Waals surface area contributed by atoms with Crippen LogP contribution >= 0.6 is 11.6 Å². The zero-order valence-electron chi connectivity index (χ0n) is 13.6. The van der Waals surface area contributed by atoms with Crippen molar-refractivity contribution in [3.8, 4) is 0 Å². The summed E-state index contributed by atoms with van der Waals surface area (Å²) in [5, 5.41) is 6.48. The smallest absolute Gasteiger partial charge is 0.238 e. The number of anilines is 1. The molecule has 1 fully saturated rings. The van der Waals surface area contributed by atoms with Crippen molar-refractivity contribution < 1.29 is 9.59 Å². The first kappa shape index (κ1) is 17.8. The Hall–Kier alpha value is -1.59. The number of hydrogen-bond donors (Lipinski definition) is 2. The van der Waals surface area contributed by atoms with E-state index in [4.69, 9.17) is 11.6 Å². The molecule has 2 rings (SSSR count). The van der Waals surface area contributed by atoms with Crippen LogP contribution in [0.15, 0.2) is 24.3 Å². The van der Waals surface area contributed by atoms with Gasteiger partial charge in [-0.1, -0.05) is 24.4 Å². The molecule has 0 unspecified atom stereocenters. The Balaban J connectivity index is 1.79. The van der Waals surface area contributed by atoms with E-state index in [1.165, 1.54) is 12.8 Å². The lowest BCUT2D eigenvalue weighted by Gasteiger charge is -2.25. The fourth-order valence-electron chi connectivity index (χ4n) is 2.69. The molecule has 1 aliphatic carbocycles. The van der Waals surface area contributed by atoms with E-state index in [2.05, 4.69) is 10.6 Å². The summed E-state index contributed by atoms with van der Waals surface area (Å²) in [6.45, 7) is 1.97. The molecule has 5 nitrogen and oxygen atoms in total. The quantitative estimate of drug-likeness (QED) is 0.839. The molecule has 1 atom stereocenters. The number of hydrogen-bond acceptors (Lipinski definition) is 3. The van der Waals surface area contributed by atoms with E-state index < -0.39 is 0 Å². The van der Waals surface area contributed by atoms with Crippen LogP contribution in [0.4, 0.5) is 5.69 Å². The fraction of sp³-hybridized carbons (Fsp3) is 0.529. The van der Waals surface area contributed by atoms with E-state index in [1.54, 1.807) is 36.2 Å². The molecule has 1 aromatic rings. The average molecular weight is 338 g/mol. The topological polar surface area (TPSA) is 61.4 Å². The highest BCUT2D eigenvalue weighted by Gasteiger charge is 2.24. The largest absolute Gasteiger partial charge is 0.352 e. The number of rotatable bonds is 6. The number of carbonyl (C=O) groups is 2. The Bertz CT molecular complexity index is 541. The van der Waals surface area contributed by atoms with Crippen molar-refractivity contribution in [2.75, 3.05) is 18.9 Å². The van der Waals surface area contributed by atoms with Crippen LogP contribution in [0.3, 0.4) is 0 Å². The highest BCUT2D eigenvalue weighted by atomic mass is 35.5. The molecule has 6 heteroatoms. The Morgan fingerprint density at radius 2 is 1.87 bits per heavy atom. The van der Waals surface area contributed by atoms with Gasteiger partial charge >= 0.3 is 0 Å². The standard InChI is InChI=1S/C17H24ClN3O2/c1-12(17(23)20-14-5-3-4-6-14)21(2)11-16(22)19-15-9-7-13(18)8-10-15/h7-10,12,14H,3-6,11H2,1-2H3,(H,19,22)(H,20,23)/t12-/m1/s1. The number of carbonyl (C=O) groups excluding carboxylic acids is 2. The monoisotopic (exact) mass is 337 g/mol. The van der Waals surface area contributed by atoms with Gasteiger partial charge in [-0.05, 0) is 51.1 Å². The minimum absolute atomic E-state index is 0.0151. The molecule has 23 heavy (non-hydrogen) atoms. The molecular weight excluding hydrogens is 314 g/mol. The molecule has 0 aromatic heterocycles. The molecule has 0 spiro atoms. The number of halogens is 1. The van der Waals surface area contributed by atoms with Gasteiger partial charge in [-0.25, -0.2) is 0 Å². The second kappa shape index (κ2) is 8.31. The molecule has 1 saturated carbocycles. The van der Waals surface area contributed by atoms with Gasteiger partial charge in [0.15, 0.2) is 0 Å². The average Bonchev–Trinajstić information content (AvgIpc) is 3.01. The van der Waals surface area contributed by atoms with Crippen LogP contribution in [-0.2, 0) is 9.59 Å². The summed E-state index contributed by atoms with van der Waals surface area (Å²) < 4.78 is 0. The zero-order chi connectivity index (χ0) is 16.8. The molecule has 0 aliphatic heterocycles. The van der Waals surface area contributed by atoms with E-state index in [1.807, 2.05) is 6.92 Å². The zero-order valence-corrected chi connectivity index (χ0v) is 14.4. The maximum Gasteiger partial charge on any atom is 0.238 e. The van der Waals surface area contributed by atoms with Crippen molar-refractivity contribution in [2.24, 2.45) is 0 Å². The highest BCUT2D eigenvalue weighted by Crippen LogP contribution is 2.18. The molecule has 126 valence electrons. The van der Waals surface area contributed by atoms with E-state index >= 15 is 0 Å². The molecular formula is C17H24ClN3O2. The lowest BCUT2D eigenvalue weighted by molar-refractivity contribution is -0.127. The summed E-state index contributed by atoms with van der Waals surface area (Å²) in [4.78, 5) is 26.0. The third-order valence-corrected chi connectivity index (χ3v) is 4.52. The third-order valence-electron chi connectivity index (χ3n) is 4.26. The lowest BCUT2D eigenvalue weighted by Crippen LogP contribution is -2.48. The van der Waals surface area contributed by atoms with Crippen molar-refractivity contribution in [1.29, 1.82) is 0 Å². The van der Waals surface area contributed by atoms with Gasteiger partial charge in [0, 0.05) is 16.8 Å². The maximum absolute atomic E-state index is 12.2. The predicted molar refractivity (Wildman–Crippen MR) is 92.6 cm³/mol. The molecule has 0 radical (unpaired) electrons. The maximum atomic E-state index is 12.2. The third kappa shape index (κ3) is 5.52. The first-order chi connectivity index (χ1) is 11.0. The Morgan fingerprint density at radius 1 is 1.26 bits per heavy atom. The summed E-state index contributed by atoms with van der Waals surface area (Å²) in [5.74, 6) is -0.172. The molecule has 1 aliphatic rings. The van der Waals surface area contributed by atoms with Crippen molar-refractivity contribution in [2.45, 2.75) is 44.7 Å². The van der Waals surface area contributed by atoms with Gasteiger partial charge in [-0.15, -0.1) is 0 Å². The Morgan fingerprint density at radius 3 is 2.48 bits per heavy atom. The van der Waals surface area contributed by atoms with Crippen LogP contribution in [0, 0.1) is 0 Å². The predicted octanol–water partition coefficient (Wildman–Crippen LogP) is 2.66. The molecule has 0 saturated heterocycles. The summed E-state index contributed by atoms with van der Waals surface area (Å²) in [5.41, 5.74) is 0.691. The number of benzene rings is 1. The normalized spacial score (nSPS) is 16.3. The van der Waals surface area contributed by atoms with Crippen LogP contribution in [0.1, 0.15) is 32.6 Å². The summed E-state index contributed by atoms with van der Waals surface area (Å²) >= 11 is 5.81. The number of amides is 2. The van der Waals surface area contributed by atoms with Crippen molar-refractivity contribution in [3.05, 3.63) is 29.3 Å². The van der Waals surface area contributed by atoms with Crippen molar-refractivity contribution in [3.63, 3.8) is 0 Å².